The van der Waals surface area contributed by atoms with Gasteiger partial charge in [0.2, 0.25) is 5.91 Å². The van der Waals surface area contributed by atoms with E-state index in [9.17, 15) is 4.79 Å². The predicted octanol–water partition coefficient (Wildman–Crippen LogP) is 4.59. The molecular weight excluding hydrogens is 332 g/mol. The van der Waals surface area contributed by atoms with Gasteiger partial charge >= 0.3 is 0 Å². The topological polar surface area (TPSA) is 46.3 Å². The van der Waals surface area contributed by atoms with E-state index in [-0.39, 0.29) is 18.3 Å². The summed E-state index contributed by atoms with van der Waals surface area (Å²) in [4.78, 5) is 15.1. The molecule has 2 aromatic carbocycles. The van der Waals surface area contributed by atoms with Gasteiger partial charge in [0.05, 0.1) is 6.42 Å². The zero-order chi connectivity index (χ0) is 16.8. The second kappa shape index (κ2) is 9.47. The van der Waals surface area contributed by atoms with Gasteiger partial charge in [0.1, 0.15) is 0 Å². The molecule has 1 aliphatic carbocycles. The smallest absolute Gasteiger partial charge is 0.227 e. The Morgan fingerprint density at radius 3 is 2.20 bits per heavy atom. The Kier molecular flexibility index (Phi) is 7.32. The van der Waals surface area contributed by atoms with Crippen molar-refractivity contribution in [3.8, 4) is 0 Å². The van der Waals surface area contributed by atoms with E-state index in [0.29, 0.717) is 19.0 Å². The molecule has 0 aromatic heterocycles. The molecule has 0 unspecified atom stereocenters. The molecule has 0 heterocycles. The number of amides is 1. The number of nitrogen functional groups attached to an aromatic ring is 1. The molecule has 2 aromatic rings. The number of halogens is 1. The highest BCUT2D eigenvalue weighted by atomic mass is 35.5. The van der Waals surface area contributed by atoms with Crippen molar-refractivity contribution >= 4 is 24.0 Å². The van der Waals surface area contributed by atoms with E-state index in [4.69, 9.17) is 5.73 Å². The third kappa shape index (κ3) is 5.50. The summed E-state index contributed by atoms with van der Waals surface area (Å²) in [5.74, 6) is 0.218. The van der Waals surface area contributed by atoms with E-state index in [1.54, 1.807) is 0 Å². The molecule has 0 spiro atoms. The van der Waals surface area contributed by atoms with E-state index >= 15 is 0 Å². The SMILES string of the molecule is Cl.Nc1ccc(CC(=O)N(Cc2ccccc2)C2CCCCC2)cc1. The van der Waals surface area contributed by atoms with Crippen molar-refractivity contribution in [3.63, 3.8) is 0 Å². The van der Waals surface area contributed by atoms with Crippen molar-refractivity contribution in [1.82, 2.24) is 4.90 Å². The van der Waals surface area contributed by atoms with Gasteiger partial charge in [-0.05, 0) is 36.1 Å². The second-order valence-electron chi connectivity index (χ2n) is 6.72. The third-order valence-corrected chi connectivity index (χ3v) is 4.87. The lowest BCUT2D eigenvalue weighted by Gasteiger charge is -2.34. The van der Waals surface area contributed by atoms with Gasteiger partial charge in [-0.3, -0.25) is 4.79 Å². The molecule has 1 amide bonds. The number of carbonyl (C=O) groups is 1. The lowest BCUT2D eigenvalue weighted by molar-refractivity contribution is -0.134. The summed E-state index contributed by atoms with van der Waals surface area (Å²) >= 11 is 0. The average Bonchev–Trinajstić information content (AvgIpc) is 2.63. The summed E-state index contributed by atoms with van der Waals surface area (Å²) < 4.78 is 0. The van der Waals surface area contributed by atoms with Gasteiger partial charge in [0, 0.05) is 18.3 Å². The molecule has 1 saturated carbocycles. The van der Waals surface area contributed by atoms with E-state index in [0.717, 1.165) is 24.1 Å². The highest BCUT2D eigenvalue weighted by molar-refractivity contribution is 5.85. The van der Waals surface area contributed by atoms with E-state index in [2.05, 4.69) is 17.0 Å². The van der Waals surface area contributed by atoms with Crippen molar-refractivity contribution in [2.45, 2.75) is 51.1 Å². The third-order valence-electron chi connectivity index (χ3n) is 4.87. The van der Waals surface area contributed by atoms with Crippen LogP contribution in [-0.2, 0) is 17.8 Å². The predicted molar refractivity (Wildman–Crippen MR) is 106 cm³/mol. The van der Waals surface area contributed by atoms with Crippen LogP contribution in [0.5, 0.6) is 0 Å². The van der Waals surface area contributed by atoms with Crippen LogP contribution >= 0.6 is 12.4 Å². The number of benzene rings is 2. The van der Waals surface area contributed by atoms with Crippen LogP contribution in [0.25, 0.3) is 0 Å². The maximum Gasteiger partial charge on any atom is 0.227 e. The number of nitrogens with zero attached hydrogens (tertiary/aromatic N) is 1. The first-order chi connectivity index (χ1) is 11.7. The first-order valence-electron chi connectivity index (χ1n) is 8.90. The van der Waals surface area contributed by atoms with Crippen LogP contribution in [-0.4, -0.2) is 16.8 Å². The Bertz CT molecular complexity index is 651. The molecule has 1 aliphatic rings. The van der Waals surface area contributed by atoms with Crippen LogP contribution in [0.1, 0.15) is 43.2 Å². The Morgan fingerprint density at radius 2 is 1.56 bits per heavy atom. The molecule has 25 heavy (non-hydrogen) atoms. The van der Waals surface area contributed by atoms with Gasteiger partial charge in [-0.1, -0.05) is 61.7 Å². The highest BCUT2D eigenvalue weighted by Gasteiger charge is 2.25. The summed E-state index contributed by atoms with van der Waals surface area (Å²) in [7, 11) is 0. The maximum absolute atomic E-state index is 13.0. The number of hydrogen-bond acceptors (Lipinski definition) is 2. The van der Waals surface area contributed by atoms with Crippen LogP contribution in [0.2, 0.25) is 0 Å². The number of anilines is 1. The summed E-state index contributed by atoms with van der Waals surface area (Å²) in [6.45, 7) is 0.708. The Balaban J connectivity index is 0.00000225. The summed E-state index contributed by atoms with van der Waals surface area (Å²) in [6, 6.07) is 18.3. The van der Waals surface area contributed by atoms with E-state index in [1.165, 1.54) is 24.8 Å². The lowest BCUT2D eigenvalue weighted by atomic mass is 9.93. The molecule has 3 nitrogen and oxygen atoms in total. The van der Waals surface area contributed by atoms with Crippen LogP contribution in [0.15, 0.2) is 54.6 Å². The van der Waals surface area contributed by atoms with Gasteiger partial charge in [-0.15, -0.1) is 12.4 Å². The fourth-order valence-electron chi connectivity index (χ4n) is 3.51. The van der Waals surface area contributed by atoms with Crippen molar-refractivity contribution in [1.29, 1.82) is 0 Å². The Morgan fingerprint density at radius 1 is 0.920 bits per heavy atom. The molecule has 0 radical (unpaired) electrons. The van der Waals surface area contributed by atoms with E-state index < -0.39 is 0 Å². The second-order valence-corrected chi connectivity index (χ2v) is 6.72. The first-order valence-corrected chi connectivity index (χ1v) is 8.90. The number of carbonyl (C=O) groups excluding carboxylic acids is 1. The quantitative estimate of drug-likeness (QED) is 0.794. The largest absolute Gasteiger partial charge is 0.399 e. The first kappa shape index (κ1) is 19.3. The molecule has 2 N–H and O–H groups in total. The minimum absolute atomic E-state index is 0. The molecule has 0 aliphatic heterocycles. The van der Waals surface area contributed by atoms with Crippen molar-refractivity contribution in [2.75, 3.05) is 5.73 Å². The number of nitrogens with two attached hydrogens (primary N) is 1. The van der Waals surface area contributed by atoms with E-state index in [1.807, 2.05) is 42.5 Å². The summed E-state index contributed by atoms with van der Waals surface area (Å²) in [6.07, 6.45) is 6.45. The molecule has 0 atom stereocenters. The normalized spacial score (nSPS) is 14.6. The van der Waals surface area contributed by atoms with Gasteiger partial charge in [-0.25, -0.2) is 0 Å². The Labute approximate surface area is 156 Å². The summed E-state index contributed by atoms with van der Waals surface area (Å²) in [5, 5.41) is 0. The highest BCUT2D eigenvalue weighted by Crippen LogP contribution is 2.25. The van der Waals surface area contributed by atoms with Gasteiger partial charge in [-0.2, -0.15) is 0 Å². The molecule has 0 bridgehead atoms. The van der Waals surface area contributed by atoms with Gasteiger partial charge in [0.15, 0.2) is 0 Å². The standard InChI is InChI=1S/C21H26N2O.ClH/c22-19-13-11-17(12-14-19)15-21(24)23(20-9-5-2-6-10-20)16-18-7-3-1-4-8-18;/h1,3-4,7-8,11-14,20H,2,5-6,9-10,15-16,22H2;1H. The molecule has 4 heteroatoms. The minimum atomic E-state index is 0. The van der Waals surface area contributed by atoms with Crippen molar-refractivity contribution < 1.29 is 4.79 Å². The lowest BCUT2D eigenvalue weighted by Crippen LogP contribution is -2.41. The molecule has 1 fully saturated rings. The maximum atomic E-state index is 13.0. The minimum Gasteiger partial charge on any atom is -0.399 e. The fourth-order valence-corrected chi connectivity index (χ4v) is 3.51. The number of hydrogen-bond donors (Lipinski definition) is 1. The van der Waals surface area contributed by atoms with Crippen LogP contribution in [0.4, 0.5) is 5.69 Å². The van der Waals surface area contributed by atoms with Crippen molar-refractivity contribution in [3.05, 3.63) is 65.7 Å². The Hall–Kier alpha value is -2.00. The average molecular weight is 359 g/mol. The van der Waals surface area contributed by atoms with Crippen LogP contribution in [0.3, 0.4) is 0 Å². The molecular formula is C21H27ClN2O. The molecule has 3 rings (SSSR count). The van der Waals surface area contributed by atoms with Gasteiger partial charge in [0.25, 0.3) is 0 Å². The van der Waals surface area contributed by atoms with Crippen LogP contribution in [0, 0.1) is 0 Å². The summed E-state index contributed by atoms with van der Waals surface area (Å²) in [5.41, 5.74) is 8.71. The number of rotatable bonds is 5. The molecule has 134 valence electrons. The zero-order valence-electron chi connectivity index (χ0n) is 14.6. The van der Waals surface area contributed by atoms with Gasteiger partial charge < -0.3 is 10.6 Å². The van der Waals surface area contributed by atoms with Crippen LogP contribution < -0.4 is 5.73 Å². The zero-order valence-corrected chi connectivity index (χ0v) is 15.4. The fraction of sp³-hybridized carbons (Fsp3) is 0.381. The van der Waals surface area contributed by atoms with Crippen molar-refractivity contribution in [2.24, 2.45) is 0 Å². The molecule has 0 saturated heterocycles. The monoisotopic (exact) mass is 358 g/mol.